The minimum atomic E-state index is -0.638. The van der Waals surface area contributed by atoms with E-state index in [1.807, 2.05) is 30.3 Å². The Morgan fingerprint density at radius 1 is 0.512 bits per heavy atom. The van der Waals surface area contributed by atoms with E-state index in [0.717, 1.165) is 39.1 Å². The van der Waals surface area contributed by atoms with Crippen LogP contribution in [0.25, 0.3) is 33.4 Å². The zero-order chi connectivity index (χ0) is 29.4. The molecular formula is C40H30O3. The van der Waals surface area contributed by atoms with E-state index in [1.54, 1.807) is 7.11 Å². The molecule has 0 aromatic heterocycles. The lowest BCUT2D eigenvalue weighted by atomic mass is 9.67. The molecule has 0 unspecified atom stereocenters. The van der Waals surface area contributed by atoms with Gasteiger partial charge in [0.25, 0.3) is 0 Å². The molecule has 0 amide bonds. The minimum Gasteiger partial charge on any atom is -0.496 e. The van der Waals surface area contributed by atoms with Crippen molar-refractivity contribution in [3.8, 4) is 44.9 Å². The molecule has 0 radical (unpaired) electrons. The average Bonchev–Trinajstić information content (AvgIpc) is 3.36. The van der Waals surface area contributed by atoms with Crippen molar-refractivity contribution >= 4 is 5.97 Å². The fourth-order valence-corrected chi connectivity index (χ4v) is 6.66. The Morgan fingerprint density at radius 2 is 0.953 bits per heavy atom. The van der Waals surface area contributed by atoms with Gasteiger partial charge in [-0.3, -0.25) is 4.79 Å². The van der Waals surface area contributed by atoms with Crippen molar-refractivity contribution in [2.45, 2.75) is 12.3 Å². The highest BCUT2D eigenvalue weighted by molar-refractivity contribution is 5.88. The molecule has 0 heterocycles. The van der Waals surface area contributed by atoms with Crippen LogP contribution < -0.4 is 9.47 Å². The molecule has 0 saturated carbocycles. The van der Waals surface area contributed by atoms with Crippen LogP contribution >= 0.6 is 0 Å². The van der Waals surface area contributed by atoms with Crippen LogP contribution in [0.3, 0.4) is 0 Å². The first kappa shape index (κ1) is 26.5. The first-order valence-corrected chi connectivity index (χ1v) is 14.4. The topological polar surface area (TPSA) is 35.5 Å². The minimum absolute atomic E-state index is 0.348. The molecule has 0 saturated heterocycles. The second-order valence-electron chi connectivity index (χ2n) is 10.8. The number of rotatable bonds is 6. The fraction of sp³-hybridized carbons (Fsp3) is 0.0750. The van der Waals surface area contributed by atoms with Gasteiger partial charge in [-0.25, -0.2) is 0 Å². The number of methoxy groups -OCH3 is 1. The quantitative estimate of drug-likeness (QED) is 0.151. The number of esters is 1. The van der Waals surface area contributed by atoms with Gasteiger partial charge >= 0.3 is 5.97 Å². The number of benzene rings is 6. The van der Waals surface area contributed by atoms with Crippen molar-refractivity contribution in [2.75, 3.05) is 7.11 Å². The van der Waals surface area contributed by atoms with Crippen LogP contribution in [0.2, 0.25) is 0 Å². The number of carbonyl (C=O) groups excluding carboxylic acids is 1. The number of fused-ring (bicyclic) bond motifs is 3. The molecule has 0 fully saturated rings. The number of hydrogen-bond donors (Lipinski definition) is 0. The largest absolute Gasteiger partial charge is 0.496 e. The standard InChI is InChI=1S/C40H30O3/c1-27(41)43-39-24-22-31(26-35(39)29-15-7-4-8-16-29)40(36-19-11-9-17-32(36)33-18-10-12-20-37(33)40)30-21-23-38(42-2)34(25-30)28-13-5-3-6-14-28/h3-26H,1-2H3. The third-order valence-corrected chi connectivity index (χ3v) is 8.42. The van der Waals surface area contributed by atoms with Crippen LogP contribution in [-0.2, 0) is 10.2 Å². The van der Waals surface area contributed by atoms with Crippen molar-refractivity contribution < 1.29 is 14.3 Å². The van der Waals surface area contributed by atoms with Crippen molar-refractivity contribution in [3.63, 3.8) is 0 Å². The zero-order valence-corrected chi connectivity index (χ0v) is 24.1. The number of ether oxygens (including phenoxy) is 2. The van der Waals surface area contributed by atoms with Gasteiger partial charge in [-0.15, -0.1) is 0 Å². The summed E-state index contributed by atoms with van der Waals surface area (Å²) in [5.41, 5.74) is 10.4. The van der Waals surface area contributed by atoms with E-state index in [-0.39, 0.29) is 5.97 Å². The Morgan fingerprint density at radius 3 is 1.44 bits per heavy atom. The van der Waals surface area contributed by atoms with Gasteiger partial charge in [0.1, 0.15) is 11.5 Å². The van der Waals surface area contributed by atoms with E-state index < -0.39 is 5.41 Å². The Hall–Kier alpha value is -5.41. The maximum atomic E-state index is 12.1. The number of hydrogen-bond acceptors (Lipinski definition) is 3. The Labute approximate surface area is 252 Å². The molecular weight excluding hydrogens is 528 g/mol. The van der Waals surface area contributed by atoms with Gasteiger partial charge in [0.2, 0.25) is 0 Å². The smallest absolute Gasteiger partial charge is 0.308 e. The summed E-state index contributed by atoms with van der Waals surface area (Å²) in [4.78, 5) is 12.1. The highest BCUT2D eigenvalue weighted by Gasteiger charge is 2.46. The summed E-state index contributed by atoms with van der Waals surface area (Å²) < 4.78 is 11.6. The zero-order valence-electron chi connectivity index (χ0n) is 24.1. The highest BCUT2D eigenvalue weighted by atomic mass is 16.5. The van der Waals surface area contributed by atoms with Gasteiger partial charge in [0.15, 0.2) is 0 Å². The summed E-state index contributed by atoms with van der Waals surface area (Å²) in [5, 5.41) is 0. The van der Waals surface area contributed by atoms with Crippen molar-refractivity contribution in [3.05, 3.63) is 168 Å². The molecule has 6 aromatic carbocycles. The highest BCUT2D eigenvalue weighted by Crippen LogP contribution is 2.57. The third-order valence-electron chi connectivity index (χ3n) is 8.42. The van der Waals surface area contributed by atoms with Gasteiger partial charge < -0.3 is 9.47 Å². The van der Waals surface area contributed by atoms with Gasteiger partial charge in [-0.1, -0.05) is 121 Å². The Kier molecular flexibility index (Phi) is 6.64. The molecule has 0 atom stereocenters. The molecule has 3 nitrogen and oxygen atoms in total. The Balaban J connectivity index is 1.58. The van der Waals surface area contributed by atoms with Gasteiger partial charge in [-0.05, 0) is 68.8 Å². The van der Waals surface area contributed by atoms with E-state index >= 15 is 0 Å². The van der Waals surface area contributed by atoms with E-state index in [9.17, 15) is 4.79 Å². The molecule has 0 N–H and O–H groups in total. The lowest BCUT2D eigenvalue weighted by Gasteiger charge is -2.35. The SMILES string of the molecule is COc1ccc(C2(c3ccc(OC(C)=O)c(-c4ccccc4)c3)c3ccccc3-c3ccccc32)cc1-c1ccccc1. The molecule has 0 spiro atoms. The molecule has 1 aliphatic rings. The normalized spacial score (nSPS) is 12.7. The summed E-state index contributed by atoms with van der Waals surface area (Å²) in [6.07, 6.45) is 0. The third kappa shape index (κ3) is 4.33. The van der Waals surface area contributed by atoms with Crippen LogP contribution in [0.15, 0.2) is 146 Å². The molecule has 1 aliphatic carbocycles. The van der Waals surface area contributed by atoms with E-state index in [0.29, 0.717) is 5.75 Å². The summed E-state index contributed by atoms with van der Waals surface area (Å²) in [7, 11) is 1.72. The Bertz CT molecular complexity index is 1910. The monoisotopic (exact) mass is 558 g/mol. The summed E-state index contributed by atoms with van der Waals surface area (Å²) in [6.45, 7) is 1.44. The summed E-state index contributed by atoms with van der Waals surface area (Å²) in [5.74, 6) is 1.01. The first-order valence-electron chi connectivity index (χ1n) is 14.4. The average molecular weight is 559 g/mol. The lowest BCUT2D eigenvalue weighted by molar-refractivity contribution is -0.131. The molecule has 6 aromatic rings. The second kappa shape index (κ2) is 10.8. The van der Waals surface area contributed by atoms with Crippen LogP contribution in [0.5, 0.6) is 11.5 Å². The van der Waals surface area contributed by atoms with E-state index in [2.05, 4.69) is 115 Å². The lowest BCUT2D eigenvalue weighted by Crippen LogP contribution is -2.28. The second-order valence-corrected chi connectivity index (χ2v) is 10.8. The molecule has 0 bridgehead atoms. The fourth-order valence-electron chi connectivity index (χ4n) is 6.66. The maximum absolute atomic E-state index is 12.1. The molecule has 43 heavy (non-hydrogen) atoms. The van der Waals surface area contributed by atoms with Crippen LogP contribution in [0.4, 0.5) is 0 Å². The molecule has 208 valence electrons. The van der Waals surface area contributed by atoms with E-state index in [1.165, 1.54) is 29.2 Å². The summed E-state index contributed by atoms with van der Waals surface area (Å²) in [6, 6.07) is 50.6. The first-order chi connectivity index (χ1) is 21.1. The van der Waals surface area contributed by atoms with Gasteiger partial charge in [0, 0.05) is 18.1 Å². The van der Waals surface area contributed by atoms with Gasteiger partial charge in [0.05, 0.1) is 12.5 Å². The van der Waals surface area contributed by atoms with E-state index in [4.69, 9.17) is 9.47 Å². The number of carbonyl (C=O) groups is 1. The van der Waals surface area contributed by atoms with Gasteiger partial charge in [-0.2, -0.15) is 0 Å². The van der Waals surface area contributed by atoms with Crippen LogP contribution in [-0.4, -0.2) is 13.1 Å². The molecule has 0 aliphatic heterocycles. The van der Waals surface area contributed by atoms with Crippen LogP contribution in [0.1, 0.15) is 29.2 Å². The summed E-state index contributed by atoms with van der Waals surface area (Å²) >= 11 is 0. The van der Waals surface area contributed by atoms with Crippen molar-refractivity contribution in [1.82, 2.24) is 0 Å². The predicted molar refractivity (Wildman–Crippen MR) is 172 cm³/mol. The van der Waals surface area contributed by atoms with Crippen molar-refractivity contribution in [1.29, 1.82) is 0 Å². The predicted octanol–water partition coefficient (Wildman–Crippen LogP) is 9.32. The van der Waals surface area contributed by atoms with Crippen molar-refractivity contribution in [2.24, 2.45) is 0 Å². The molecule has 3 heteroatoms. The maximum Gasteiger partial charge on any atom is 0.308 e. The molecule has 7 rings (SSSR count). The van der Waals surface area contributed by atoms with Crippen LogP contribution in [0, 0.1) is 0 Å².